The molecule has 45 heavy (non-hydrogen) atoms. The van der Waals surface area contributed by atoms with Crippen LogP contribution in [0.15, 0.2) is 82.5 Å². The van der Waals surface area contributed by atoms with Crippen LogP contribution in [0.4, 0.5) is 4.39 Å². The van der Waals surface area contributed by atoms with Crippen LogP contribution < -0.4 is 20.9 Å². The Balaban J connectivity index is 1.18. The second-order valence-corrected chi connectivity index (χ2v) is 12.7. The standard InChI is InChI=1S/C31H31FN3O9P/c1-18(30(38)42-22-13-20-8-2-3-9-21(20)14-22)34-45(40,44-26-12-6-10-19-7-4-5-11-23(19)26)41-17-27-25(36)15-28(43-27)35-16-24(32)29(37)33-31(35)39/h2-12,16,18,22,25,27-28,36H,13-15,17H2,1H3,(H,34,40)(H,33,37,39)/t18-,25+,27?,28+,45?/m0/s1. The number of hydrogen-bond acceptors (Lipinski definition) is 9. The number of esters is 1. The quantitative estimate of drug-likeness (QED) is 0.174. The van der Waals surface area contributed by atoms with Crippen molar-refractivity contribution in [3.05, 3.63) is 111 Å². The molecule has 5 atom stereocenters. The zero-order valence-corrected chi connectivity index (χ0v) is 25.0. The van der Waals surface area contributed by atoms with Gasteiger partial charge >= 0.3 is 19.4 Å². The maximum Gasteiger partial charge on any atom is 0.459 e. The molecule has 1 aliphatic carbocycles. The Morgan fingerprint density at radius 3 is 2.56 bits per heavy atom. The Kier molecular flexibility index (Phi) is 8.71. The van der Waals surface area contributed by atoms with E-state index in [2.05, 4.69) is 5.09 Å². The molecule has 3 N–H and O–H groups in total. The maximum atomic E-state index is 14.3. The molecule has 0 radical (unpaired) electrons. The van der Waals surface area contributed by atoms with Gasteiger partial charge in [-0.3, -0.25) is 23.7 Å². The van der Waals surface area contributed by atoms with Gasteiger partial charge in [-0.05, 0) is 29.5 Å². The summed E-state index contributed by atoms with van der Waals surface area (Å²) < 4.78 is 52.1. The van der Waals surface area contributed by atoms with Gasteiger partial charge < -0.3 is 19.1 Å². The highest BCUT2D eigenvalue weighted by atomic mass is 31.2. The Morgan fingerprint density at radius 2 is 1.80 bits per heavy atom. The lowest BCUT2D eigenvalue weighted by Crippen LogP contribution is -2.38. The summed E-state index contributed by atoms with van der Waals surface area (Å²) in [6.45, 7) is 0.980. The van der Waals surface area contributed by atoms with Crippen LogP contribution in [-0.4, -0.2) is 51.6 Å². The number of fused-ring (bicyclic) bond motifs is 2. The fourth-order valence-electron chi connectivity index (χ4n) is 5.53. The van der Waals surface area contributed by atoms with Gasteiger partial charge in [0.05, 0.1) is 18.9 Å². The number of aromatic nitrogens is 2. The molecule has 1 aliphatic heterocycles. The molecule has 14 heteroatoms. The summed E-state index contributed by atoms with van der Waals surface area (Å²) in [5, 5.41) is 14.8. The van der Waals surface area contributed by atoms with E-state index in [4.69, 9.17) is 18.5 Å². The Labute approximate surface area is 256 Å². The van der Waals surface area contributed by atoms with Crippen molar-refractivity contribution in [3.8, 4) is 5.75 Å². The van der Waals surface area contributed by atoms with Crippen LogP contribution in [0.1, 0.15) is 30.7 Å². The summed E-state index contributed by atoms with van der Waals surface area (Å²) in [5.74, 6) is -1.64. The molecule has 12 nitrogen and oxygen atoms in total. The van der Waals surface area contributed by atoms with E-state index < -0.39 is 61.9 Å². The number of carbonyl (C=O) groups is 1. The van der Waals surface area contributed by atoms with Gasteiger partial charge in [0, 0.05) is 24.6 Å². The van der Waals surface area contributed by atoms with Crippen molar-refractivity contribution in [2.75, 3.05) is 6.61 Å². The summed E-state index contributed by atoms with van der Waals surface area (Å²) >= 11 is 0. The number of nitrogens with zero attached hydrogens (tertiary/aromatic N) is 1. The van der Waals surface area contributed by atoms with E-state index in [1.807, 2.05) is 47.4 Å². The largest absolute Gasteiger partial charge is 0.461 e. The number of halogens is 1. The highest BCUT2D eigenvalue weighted by molar-refractivity contribution is 7.52. The Bertz CT molecular complexity index is 1870. The van der Waals surface area contributed by atoms with Gasteiger partial charge in [0.2, 0.25) is 5.82 Å². The number of carbonyl (C=O) groups excluding carboxylic acids is 1. The third-order valence-corrected chi connectivity index (χ3v) is 9.45. The molecule has 1 fully saturated rings. The second kappa shape index (κ2) is 12.7. The van der Waals surface area contributed by atoms with Gasteiger partial charge in [-0.1, -0.05) is 60.7 Å². The van der Waals surface area contributed by atoms with Crippen molar-refractivity contribution < 1.29 is 37.4 Å². The molecule has 2 aliphatic rings. The highest BCUT2D eigenvalue weighted by Gasteiger charge is 2.40. The zero-order valence-electron chi connectivity index (χ0n) is 24.1. The zero-order chi connectivity index (χ0) is 31.7. The van der Waals surface area contributed by atoms with Gasteiger partial charge in [0.15, 0.2) is 0 Å². The number of rotatable bonds is 10. The van der Waals surface area contributed by atoms with Gasteiger partial charge in [0.1, 0.15) is 30.2 Å². The average molecular weight is 640 g/mol. The third-order valence-electron chi connectivity index (χ3n) is 7.82. The van der Waals surface area contributed by atoms with E-state index in [-0.39, 0.29) is 18.3 Å². The first-order chi connectivity index (χ1) is 21.6. The first kappa shape index (κ1) is 30.9. The summed E-state index contributed by atoms with van der Waals surface area (Å²) in [5.41, 5.74) is 0.0934. The number of nitrogens with one attached hydrogen (secondary N) is 2. The van der Waals surface area contributed by atoms with Gasteiger partial charge in [0.25, 0.3) is 5.56 Å². The minimum atomic E-state index is -4.37. The molecule has 2 unspecified atom stereocenters. The Morgan fingerprint density at radius 1 is 1.11 bits per heavy atom. The van der Waals surface area contributed by atoms with E-state index in [1.54, 1.807) is 24.3 Å². The Hall–Kier alpha value is -4.13. The highest BCUT2D eigenvalue weighted by Crippen LogP contribution is 2.47. The van der Waals surface area contributed by atoms with Crippen LogP contribution in [0.5, 0.6) is 5.75 Å². The summed E-state index contributed by atoms with van der Waals surface area (Å²) in [6.07, 6.45) is -2.17. The molecule has 0 bridgehead atoms. The van der Waals surface area contributed by atoms with Crippen molar-refractivity contribution >= 4 is 24.5 Å². The minimum absolute atomic E-state index is 0.145. The number of benzene rings is 3. The minimum Gasteiger partial charge on any atom is -0.461 e. The maximum absolute atomic E-state index is 14.3. The van der Waals surface area contributed by atoms with Gasteiger partial charge in [-0.25, -0.2) is 9.36 Å². The number of aliphatic hydroxyl groups is 1. The van der Waals surface area contributed by atoms with Crippen LogP contribution in [0.25, 0.3) is 10.8 Å². The number of hydrogen-bond donors (Lipinski definition) is 3. The smallest absolute Gasteiger partial charge is 0.459 e. The lowest BCUT2D eigenvalue weighted by Gasteiger charge is -2.25. The van der Waals surface area contributed by atoms with E-state index in [0.717, 1.165) is 21.1 Å². The lowest BCUT2D eigenvalue weighted by molar-refractivity contribution is -0.150. The molecule has 2 heterocycles. The molecule has 1 aromatic heterocycles. The van der Waals surface area contributed by atoms with Crippen molar-refractivity contribution in [1.29, 1.82) is 0 Å². The monoisotopic (exact) mass is 639 g/mol. The topological polar surface area (TPSA) is 158 Å². The van der Waals surface area contributed by atoms with Crippen molar-refractivity contribution in [1.82, 2.24) is 14.6 Å². The fraction of sp³-hybridized carbons (Fsp3) is 0.323. The van der Waals surface area contributed by atoms with Crippen LogP contribution in [-0.2, 0) is 36.2 Å². The van der Waals surface area contributed by atoms with Crippen molar-refractivity contribution in [2.24, 2.45) is 0 Å². The van der Waals surface area contributed by atoms with Gasteiger partial charge in [-0.2, -0.15) is 9.48 Å². The predicted molar refractivity (Wildman–Crippen MR) is 160 cm³/mol. The fourth-order valence-corrected chi connectivity index (χ4v) is 7.06. The van der Waals surface area contributed by atoms with Crippen LogP contribution in [0, 0.1) is 5.82 Å². The molecular weight excluding hydrogens is 608 g/mol. The lowest BCUT2D eigenvalue weighted by atomic mass is 10.1. The molecular formula is C31H31FN3O9P. The van der Waals surface area contributed by atoms with Crippen LogP contribution in [0.2, 0.25) is 0 Å². The van der Waals surface area contributed by atoms with Gasteiger partial charge in [-0.15, -0.1) is 0 Å². The summed E-state index contributed by atoms with van der Waals surface area (Å²) in [7, 11) is -4.37. The average Bonchev–Trinajstić information content (AvgIpc) is 3.60. The normalized spacial score (nSPS) is 21.7. The van der Waals surface area contributed by atoms with E-state index in [1.165, 1.54) is 6.92 Å². The molecule has 1 saturated heterocycles. The third kappa shape index (κ3) is 6.77. The number of H-pyrrole nitrogens is 1. The predicted octanol–water partition coefficient (Wildman–Crippen LogP) is 3.37. The van der Waals surface area contributed by atoms with Crippen LogP contribution >= 0.6 is 7.75 Å². The molecule has 236 valence electrons. The molecule has 0 spiro atoms. The number of aromatic amines is 1. The molecule has 0 amide bonds. The number of ether oxygens (including phenoxy) is 2. The first-order valence-corrected chi connectivity index (χ1v) is 15.9. The summed E-state index contributed by atoms with van der Waals surface area (Å²) in [6, 6.07) is 19.1. The molecule has 3 aromatic carbocycles. The van der Waals surface area contributed by atoms with E-state index in [0.29, 0.717) is 24.4 Å². The molecule has 6 rings (SSSR count). The van der Waals surface area contributed by atoms with Crippen LogP contribution in [0.3, 0.4) is 0 Å². The van der Waals surface area contributed by atoms with E-state index in [9.17, 15) is 28.4 Å². The number of aliphatic hydroxyl groups excluding tert-OH is 1. The van der Waals surface area contributed by atoms with Crippen molar-refractivity contribution in [3.63, 3.8) is 0 Å². The first-order valence-electron chi connectivity index (χ1n) is 14.4. The van der Waals surface area contributed by atoms with Crippen molar-refractivity contribution in [2.45, 2.75) is 56.8 Å². The van der Waals surface area contributed by atoms with E-state index >= 15 is 0 Å². The summed E-state index contributed by atoms with van der Waals surface area (Å²) in [4.78, 5) is 38.6. The SMILES string of the molecule is C[C@H](NP(=O)(OCC1O[C@@H](n2cc(F)c(=O)[nH]c2=O)C[C@H]1O)Oc1cccc2ccccc12)C(=O)OC1Cc2ccccc2C1. The molecule has 4 aromatic rings. The second-order valence-electron chi connectivity index (χ2n) is 11.0. The molecule has 0 saturated carbocycles.